The number of fused-ring (bicyclic) bond motifs is 18. The zero-order valence-corrected chi connectivity index (χ0v) is 48.6. The van der Waals surface area contributed by atoms with Crippen LogP contribution in [-0.4, -0.2) is 33.2 Å². The Morgan fingerprint density at radius 3 is 1.16 bits per heavy atom. The molecule has 0 N–H and O–H groups in total. The lowest BCUT2D eigenvalue weighted by molar-refractivity contribution is 1.07. The molecule has 0 saturated carbocycles. The van der Waals surface area contributed by atoms with E-state index in [9.17, 15) is 0 Å². The van der Waals surface area contributed by atoms with Crippen LogP contribution >= 0.6 is 11.3 Å². The van der Waals surface area contributed by atoms with E-state index in [4.69, 9.17) is 15.0 Å². The van der Waals surface area contributed by atoms with Gasteiger partial charge in [-0.15, -0.1) is 11.3 Å². The predicted molar refractivity (Wildman–Crippen MR) is 372 cm³/mol. The number of benzene rings is 13. The SMILES string of the molecule is c1ccc(-c2nc(-c3ccccc3)nc(-c3cc(-n4c5ccccc5c5ccc(-c6cccc7c6sc6ccccc67)cc54)cc(-n4c5ccccc5c5c6c(c7ccccc7n6-c6ccccc6)c6c(c7ccccc7n6-c6ccccc6)c54)c3)n2)cc1. The minimum atomic E-state index is 0.567. The standard InChI is InChI=1S/C81H49N7S/c1-5-24-50(25-6-1)79-82-80(51-26-7-2-8-27-51)84-81(83-79)53-46-56(85-66-39-18-13-32-59(66)60-45-44-52(48-70(60)85)58-37-23-38-62-61-33-17-22-43-71(61)89-78(58)62)49-57(47-53)88-69-42-21-16-36-65(69)74-76-72(63-34-14-19-40-67(63)86(76)54-28-9-3-10-29-54)75-73(77(74)88)64-35-15-20-41-68(64)87(75)55-30-11-4-12-31-55/h1-49H. The Morgan fingerprint density at radius 2 is 0.629 bits per heavy atom. The molecule has 8 heteroatoms. The molecule has 0 radical (unpaired) electrons. The minimum absolute atomic E-state index is 0.567. The van der Waals surface area contributed by atoms with Gasteiger partial charge in [0, 0.05) is 103 Å². The van der Waals surface area contributed by atoms with E-state index in [0.29, 0.717) is 17.5 Å². The summed E-state index contributed by atoms with van der Waals surface area (Å²) in [4.78, 5) is 16.2. The molecular weight excluding hydrogens is 1100 g/mol. The van der Waals surface area contributed by atoms with Gasteiger partial charge in [0.1, 0.15) is 0 Å². The molecule has 0 aliphatic rings. The van der Waals surface area contributed by atoms with Gasteiger partial charge < -0.3 is 18.3 Å². The van der Waals surface area contributed by atoms with Crippen molar-refractivity contribution in [2.75, 3.05) is 0 Å². The number of hydrogen-bond donors (Lipinski definition) is 0. The van der Waals surface area contributed by atoms with E-state index < -0.39 is 0 Å². The third kappa shape index (κ3) is 7.42. The molecule has 13 aromatic carbocycles. The summed E-state index contributed by atoms with van der Waals surface area (Å²) in [7, 11) is 0. The highest BCUT2D eigenvalue weighted by Crippen LogP contribution is 2.51. The molecule has 0 amide bonds. The van der Waals surface area contributed by atoms with Crippen LogP contribution in [0, 0.1) is 0 Å². The second-order valence-electron chi connectivity index (χ2n) is 23.0. The highest BCUT2D eigenvalue weighted by molar-refractivity contribution is 7.26. The van der Waals surface area contributed by atoms with Crippen LogP contribution in [0.3, 0.4) is 0 Å². The highest BCUT2D eigenvalue weighted by Gasteiger charge is 2.30. The summed E-state index contributed by atoms with van der Waals surface area (Å²) in [5.41, 5.74) is 18.1. The zero-order valence-electron chi connectivity index (χ0n) is 47.8. The number of rotatable bonds is 8. The molecular formula is C81H49N7S. The van der Waals surface area contributed by atoms with Crippen LogP contribution in [0.1, 0.15) is 0 Å². The zero-order chi connectivity index (χ0) is 58.3. The molecule has 0 aliphatic heterocycles. The number of para-hydroxylation sites is 6. The molecule has 19 rings (SSSR count). The molecule has 0 bridgehead atoms. The molecule has 0 spiro atoms. The van der Waals surface area contributed by atoms with Crippen molar-refractivity contribution >= 4 is 119 Å². The van der Waals surface area contributed by atoms with Crippen LogP contribution in [0.15, 0.2) is 297 Å². The smallest absolute Gasteiger partial charge is 0.164 e. The van der Waals surface area contributed by atoms with Gasteiger partial charge in [-0.3, -0.25) is 0 Å². The van der Waals surface area contributed by atoms with E-state index >= 15 is 0 Å². The maximum atomic E-state index is 5.49. The van der Waals surface area contributed by atoms with Crippen LogP contribution in [0.4, 0.5) is 0 Å². The highest BCUT2D eigenvalue weighted by atomic mass is 32.1. The van der Waals surface area contributed by atoms with Crippen LogP contribution in [0.2, 0.25) is 0 Å². The lowest BCUT2D eigenvalue weighted by Gasteiger charge is -2.17. The molecule has 6 aromatic heterocycles. The molecule has 89 heavy (non-hydrogen) atoms. The van der Waals surface area contributed by atoms with Gasteiger partial charge in [-0.1, -0.05) is 218 Å². The second kappa shape index (κ2) is 19.4. The molecule has 0 atom stereocenters. The van der Waals surface area contributed by atoms with Gasteiger partial charge in [0.05, 0.1) is 44.1 Å². The lowest BCUT2D eigenvalue weighted by Crippen LogP contribution is -2.04. The van der Waals surface area contributed by atoms with E-state index in [1.54, 1.807) is 0 Å². The van der Waals surface area contributed by atoms with Crippen molar-refractivity contribution in [3.63, 3.8) is 0 Å². The van der Waals surface area contributed by atoms with Gasteiger partial charge in [-0.25, -0.2) is 15.0 Å². The minimum Gasteiger partial charge on any atom is -0.309 e. The Hall–Kier alpha value is -11.7. The summed E-state index contributed by atoms with van der Waals surface area (Å²) in [5, 5.41) is 11.9. The third-order valence-electron chi connectivity index (χ3n) is 18.1. The maximum absolute atomic E-state index is 5.49. The Kier molecular flexibility index (Phi) is 10.8. The fourth-order valence-corrected chi connectivity index (χ4v) is 15.7. The van der Waals surface area contributed by atoms with E-state index in [-0.39, 0.29) is 0 Å². The summed E-state index contributed by atoms with van der Waals surface area (Å²) < 4.78 is 12.6. The topological polar surface area (TPSA) is 58.4 Å². The second-order valence-corrected chi connectivity index (χ2v) is 24.1. The third-order valence-corrected chi connectivity index (χ3v) is 19.3. The predicted octanol–water partition coefficient (Wildman–Crippen LogP) is 21.3. The van der Waals surface area contributed by atoms with Gasteiger partial charge in [0.15, 0.2) is 17.5 Å². The van der Waals surface area contributed by atoms with Gasteiger partial charge >= 0.3 is 0 Å². The van der Waals surface area contributed by atoms with E-state index in [0.717, 1.165) is 99.9 Å². The van der Waals surface area contributed by atoms with Crippen molar-refractivity contribution in [1.29, 1.82) is 0 Å². The first-order valence-electron chi connectivity index (χ1n) is 30.2. The molecule has 7 nitrogen and oxygen atoms in total. The maximum Gasteiger partial charge on any atom is 0.164 e. The van der Waals surface area contributed by atoms with Gasteiger partial charge in [-0.05, 0) is 90.0 Å². The summed E-state index contributed by atoms with van der Waals surface area (Å²) >= 11 is 1.87. The van der Waals surface area contributed by atoms with Gasteiger partial charge in [-0.2, -0.15) is 0 Å². The first-order chi connectivity index (χ1) is 44.2. The lowest BCUT2D eigenvalue weighted by atomic mass is 10.0. The van der Waals surface area contributed by atoms with Crippen LogP contribution in [-0.2, 0) is 0 Å². The van der Waals surface area contributed by atoms with Crippen molar-refractivity contribution in [2.45, 2.75) is 0 Å². The first-order valence-corrected chi connectivity index (χ1v) is 31.0. The Bertz CT molecular complexity index is 5960. The van der Waals surface area contributed by atoms with Crippen molar-refractivity contribution < 1.29 is 0 Å². The van der Waals surface area contributed by atoms with E-state index in [1.165, 1.54) is 58.1 Å². The Morgan fingerprint density at radius 1 is 0.236 bits per heavy atom. The van der Waals surface area contributed by atoms with Crippen molar-refractivity contribution in [1.82, 2.24) is 33.2 Å². The Balaban J connectivity index is 0.992. The van der Waals surface area contributed by atoms with Gasteiger partial charge in [0.2, 0.25) is 0 Å². The summed E-state index contributed by atoms with van der Waals surface area (Å²) in [5.74, 6) is 1.76. The van der Waals surface area contributed by atoms with E-state index in [2.05, 4.69) is 279 Å². The monoisotopic (exact) mass is 1150 g/mol. The first kappa shape index (κ1) is 49.5. The summed E-state index contributed by atoms with van der Waals surface area (Å²) in [6.45, 7) is 0. The molecule has 0 saturated heterocycles. The van der Waals surface area contributed by atoms with Gasteiger partial charge in [0.25, 0.3) is 0 Å². The average Bonchev–Trinajstić information content (AvgIpc) is 1.52. The summed E-state index contributed by atoms with van der Waals surface area (Å²) in [6, 6.07) is 108. The van der Waals surface area contributed by atoms with Crippen molar-refractivity contribution in [3.05, 3.63) is 297 Å². The number of hydrogen-bond acceptors (Lipinski definition) is 4. The molecule has 0 fully saturated rings. The number of thiophene rings is 1. The quantitative estimate of drug-likeness (QED) is 0.152. The van der Waals surface area contributed by atoms with Crippen molar-refractivity contribution in [3.8, 4) is 68.0 Å². The molecule has 19 aromatic rings. The molecule has 0 unspecified atom stereocenters. The normalized spacial score (nSPS) is 12.0. The van der Waals surface area contributed by atoms with Crippen LogP contribution in [0.25, 0.3) is 175 Å². The van der Waals surface area contributed by atoms with E-state index in [1.807, 2.05) is 47.7 Å². The van der Waals surface area contributed by atoms with Crippen LogP contribution in [0.5, 0.6) is 0 Å². The fourth-order valence-electron chi connectivity index (χ4n) is 14.4. The molecule has 0 aliphatic carbocycles. The van der Waals surface area contributed by atoms with Crippen molar-refractivity contribution in [2.24, 2.45) is 0 Å². The molecule has 414 valence electrons. The molecule has 6 heterocycles. The Labute approximate surface area is 514 Å². The number of nitrogens with zero attached hydrogens (tertiary/aromatic N) is 7. The largest absolute Gasteiger partial charge is 0.309 e. The number of aromatic nitrogens is 7. The summed E-state index contributed by atoms with van der Waals surface area (Å²) in [6.07, 6.45) is 0. The fraction of sp³-hybridized carbons (Fsp3) is 0. The average molecular weight is 1150 g/mol. The van der Waals surface area contributed by atoms with Crippen LogP contribution < -0.4 is 0 Å².